The highest BCUT2D eigenvalue weighted by atomic mass is 15.4. The van der Waals surface area contributed by atoms with Crippen LogP contribution in [-0.4, -0.2) is 16.5 Å². The van der Waals surface area contributed by atoms with E-state index in [0.717, 1.165) is 23.5 Å². The predicted octanol–water partition coefficient (Wildman–Crippen LogP) is 4.20. The van der Waals surface area contributed by atoms with Crippen molar-refractivity contribution in [2.45, 2.75) is 31.7 Å². The van der Waals surface area contributed by atoms with Crippen molar-refractivity contribution in [3.8, 4) is 11.3 Å². The molecule has 0 bridgehead atoms. The molecule has 4 nitrogen and oxygen atoms in total. The molecule has 0 radical (unpaired) electrons. The number of nitrogens with one attached hydrogen (secondary N) is 2. The van der Waals surface area contributed by atoms with Crippen LogP contribution >= 0.6 is 0 Å². The summed E-state index contributed by atoms with van der Waals surface area (Å²) in [7, 11) is 0. The van der Waals surface area contributed by atoms with Crippen LogP contribution in [0.5, 0.6) is 0 Å². The van der Waals surface area contributed by atoms with Gasteiger partial charge in [0.1, 0.15) is 0 Å². The van der Waals surface area contributed by atoms with Gasteiger partial charge >= 0.3 is 0 Å². The molecule has 0 saturated carbocycles. The Hall–Kier alpha value is -2.56. The van der Waals surface area contributed by atoms with Crippen LogP contribution in [0.2, 0.25) is 0 Å². The van der Waals surface area contributed by atoms with Gasteiger partial charge < -0.3 is 0 Å². The molecule has 2 atom stereocenters. The lowest BCUT2D eigenvalue weighted by molar-refractivity contribution is 0.541. The van der Waals surface area contributed by atoms with Gasteiger partial charge in [-0.25, -0.2) is 5.43 Å². The van der Waals surface area contributed by atoms with Crippen LogP contribution < -0.4 is 10.9 Å². The van der Waals surface area contributed by atoms with Gasteiger partial charge in [0.05, 0.1) is 17.4 Å². The Morgan fingerprint density at radius 3 is 2.54 bits per heavy atom. The van der Waals surface area contributed by atoms with Gasteiger partial charge in [0.2, 0.25) is 0 Å². The second kappa shape index (κ2) is 7.36. The molecular formula is C22H24N4. The number of nitrogens with zero attached hydrogens (tertiary/aromatic N) is 2. The molecule has 1 aliphatic rings. The number of hydrazine groups is 1. The number of hydrogen-bond donors (Lipinski definition) is 2. The normalized spacial score (nSPS) is 19.8. The summed E-state index contributed by atoms with van der Waals surface area (Å²) in [4.78, 5) is 9.12. The summed E-state index contributed by atoms with van der Waals surface area (Å²) < 4.78 is 0. The molecule has 1 fully saturated rings. The molecular weight excluding hydrogens is 320 g/mol. The predicted molar refractivity (Wildman–Crippen MR) is 105 cm³/mol. The molecule has 3 aromatic rings. The summed E-state index contributed by atoms with van der Waals surface area (Å²) in [6.07, 6.45) is 3.76. The van der Waals surface area contributed by atoms with Crippen molar-refractivity contribution in [2.75, 3.05) is 6.54 Å². The van der Waals surface area contributed by atoms with Gasteiger partial charge in [-0.1, -0.05) is 44.2 Å². The first-order valence-corrected chi connectivity index (χ1v) is 9.18. The van der Waals surface area contributed by atoms with Crippen molar-refractivity contribution in [3.63, 3.8) is 0 Å². The number of aromatic nitrogens is 2. The van der Waals surface area contributed by atoms with Gasteiger partial charge in [0.25, 0.3) is 0 Å². The minimum atomic E-state index is 0.162. The third-order valence-electron chi connectivity index (χ3n) is 5.07. The van der Waals surface area contributed by atoms with Crippen LogP contribution in [0.15, 0.2) is 67.0 Å². The second-order valence-corrected chi connectivity index (χ2v) is 7.12. The molecule has 2 N–H and O–H groups in total. The zero-order chi connectivity index (χ0) is 17.9. The van der Waals surface area contributed by atoms with Crippen molar-refractivity contribution in [1.29, 1.82) is 0 Å². The Morgan fingerprint density at radius 1 is 0.962 bits per heavy atom. The van der Waals surface area contributed by atoms with E-state index in [1.807, 2.05) is 24.5 Å². The lowest BCUT2D eigenvalue weighted by Gasteiger charge is -2.18. The molecule has 2 unspecified atom stereocenters. The van der Waals surface area contributed by atoms with Crippen LogP contribution in [-0.2, 0) is 0 Å². The Morgan fingerprint density at radius 2 is 1.81 bits per heavy atom. The van der Waals surface area contributed by atoms with Gasteiger partial charge in [-0.05, 0) is 41.3 Å². The van der Waals surface area contributed by atoms with Crippen molar-refractivity contribution in [1.82, 2.24) is 20.8 Å². The van der Waals surface area contributed by atoms with Crippen LogP contribution in [0, 0.1) is 0 Å². The third-order valence-corrected chi connectivity index (χ3v) is 5.07. The van der Waals surface area contributed by atoms with Crippen molar-refractivity contribution >= 4 is 0 Å². The quantitative estimate of drug-likeness (QED) is 0.745. The fourth-order valence-corrected chi connectivity index (χ4v) is 3.52. The van der Waals surface area contributed by atoms with Gasteiger partial charge in [-0.15, -0.1) is 0 Å². The fourth-order valence-electron chi connectivity index (χ4n) is 3.52. The van der Waals surface area contributed by atoms with Crippen molar-refractivity contribution < 1.29 is 0 Å². The van der Waals surface area contributed by atoms with Crippen LogP contribution in [0.4, 0.5) is 0 Å². The topological polar surface area (TPSA) is 49.8 Å². The molecule has 0 amide bonds. The highest BCUT2D eigenvalue weighted by Gasteiger charge is 2.30. The lowest BCUT2D eigenvalue weighted by Crippen LogP contribution is -2.25. The molecule has 3 heterocycles. The average molecular weight is 344 g/mol. The van der Waals surface area contributed by atoms with E-state index in [1.54, 1.807) is 0 Å². The number of pyridine rings is 2. The first kappa shape index (κ1) is 16.9. The molecule has 1 aromatic carbocycles. The summed E-state index contributed by atoms with van der Waals surface area (Å²) >= 11 is 0. The minimum Gasteiger partial charge on any atom is -0.260 e. The maximum atomic E-state index is 4.60. The maximum Gasteiger partial charge on any atom is 0.0715 e. The molecule has 26 heavy (non-hydrogen) atoms. The fraction of sp³-hybridized carbons (Fsp3) is 0.273. The zero-order valence-corrected chi connectivity index (χ0v) is 15.2. The van der Waals surface area contributed by atoms with E-state index in [1.165, 1.54) is 11.1 Å². The first-order valence-electron chi connectivity index (χ1n) is 9.18. The van der Waals surface area contributed by atoms with Crippen LogP contribution in [0.25, 0.3) is 11.3 Å². The van der Waals surface area contributed by atoms with E-state index < -0.39 is 0 Å². The largest absolute Gasteiger partial charge is 0.260 e. The van der Waals surface area contributed by atoms with Crippen LogP contribution in [0.3, 0.4) is 0 Å². The zero-order valence-electron chi connectivity index (χ0n) is 15.2. The monoisotopic (exact) mass is 344 g/mol. The highest BCUT2D eigenvalue weighted by Crippen LogP contribution is 2.33. The Balaban J connectivity index is 1.63. The molecule has 2 aromatic heterocycles. The highest BCUT2D eigenvalue weighted by molar-refractivity contribution is 5.60. The molecule has 1 saturated heterocycles. The van der Waals surface area contributed by atoms with E-state index in [4.69, 9.17) is 0 Å². The Kier molecular flexibility index (Phi) is 4.78. The first-order chi connectivity index (χ1) is 12.7. The molecule has 132 valence electrons. The number of hydrogen-bond acceptors (Lipinski definition) is 4. The minimum absolute atomic E-state index is 0.162. The SMILES string of the molecule is CC(C)c1ccc(-c2cc(C3CNNC3c3ccccn3)ccn2)cc1. The average Bonchev–Trinajstić information content (AvgIpc) is 3.19. The number of benzene rings is 1. The van der Waals surface area contributed by atoms with Crippen molar-refractivity contribution in [2.24, 2.45) is 0 Å². The summed E-state index contributed by atoms with van der Waals surface area (Å²) in [6, 6.07) is 19.3. The maximum absolute atomic E-state index is 4.60. The summed E-state index contributed by atoms with van der Waals surface area (Å²) in [6.45, 7) is 5.30. The van der Waals surface area contributed by atoms with E-state index in [2.05, 4.69) is 77.1 Å². The Bertz CT molecular complexity index is 859. The summed E-state index contributed by atoms with van der Waals surface area (Å²) in [5.41, 5.74) is 12.5. The lowest BCUT2D eigenvalue weighted by atomic mass is 9.90. The van der Waals surface area contributed by atoms with E-state index in [0.29, 0.717) is 11.8 Å². The van der Waals surface area contributed by atoms with E-state index in [9.17, 15) is 0 Å². The second-order valence-electron chi connectivity index (χ2n) is 7.12. The smallest absolute Gasteiger partial charge is 0.0715 e. The van der Waals surface area contributed by atoms with Gasteiger partial charge in [-0.3, -0.25) is 15.4 Å². The Labute approximate surface area is 154 Å². The van der Waals surface area contributed by atoms with Crippen LogP contribution in [0.1, 0.15) is 48.5 Å². The van der Waals surface area contributed by atoms with E-state index >= 15 is 0 Å². The summed E-state index contributed by atoms with van der Waals surface area (Å²) in [5.74, 6) is 0.861. The standard InChI is InChI=1S/C22H24N4/c1-15(2)16-6-8-17(9-7-16)21-13-18(10-12-24-21)19-14-25-26-22(19)20-5-3-4-11-23-20/h3-13,15,19,22,25-26H,14H2,1-2H3. The molecule has 4 heteroatoms. The molecule has 0 spiro atoms. The van der Waals surface area contributed by atoms with Crippen molar-refractivity contribution in [3.05, 3.63) is 83.8 Å². The third kappa shape index (κ3) is 3.39. The van der Waals surface area contributed by atoms with Gasteiger partial charge in [0.15, 0.2) is 0 Å². The molecule has 0 aliphatic carbocycles. The number of rotatable bonds is 4. The van der Waals surface area contributed by atoms with E-state index in [-0.39, 0.29) is 6.04 Å². The molecule has 4 rings (SSSR count). The molecule has 1 aliphatic heterocycles. The van der Waals surface area contributed by atoms with Gasteiger partial charge in [-0.2, -0.15) is 0 Å². The summed E-state index contributed by atoms with van der Waals surface area (Å²) in [5, 5.41) is 0. The van der Waals surface area contributed by atoms with Gasteiger partial charge in [0, 0.05) is 30.4 Å².